The molecule has 0 bridgehead atoms. The Morgan fingerprint density at radius 3 is 2.32 bits per heavy atom. The quantitative estimate of drug-likeness (QED) is 0.782. The minimum absolute atomic E-state index is 0.119. The normalized spacial score (nSPS) is 16.3. The number of rotatable bonds is 8. The van der Waals surface area contributed by atoms with Crippen LogP contribution in [-0.2, 0) is 0 Å². The Hall–Kier alpha value is -0.930. The third-order valence-corrected chi connectivity index (χ3v) is 3.83. The highest BCUT2D eigenvalue weighted by Crippen LogP contribution is 2.26. The highest BCUT2D eigenvalue weighted by molar-refractivity contribution is 5.17. The van der Waals surface area contributed by atoms with Crippen molar-refractivity contribution in [2.75, 3.05) is 6.54 Å². The van der Waals surface area contributed by atoms with E-state index in [1.54, 1.807) is 0 Å². The maximum atomic E-state index is 6.27. The number of aromatic nitrogens is 1. The average Bonchev–Trinajstić information content (AvgIpc) is 2.43. The number of nitrogens with two attached hydrogens (primary N) is 1. The van der Waals surface area contributed by atoms with Crippen LogP contribution in [0.1, 0.15) is 58.6 Å². The summed E-state index contributed by atoms with van der Waals surface area (Å²) in [7, 11) is 0. The molecule has 2 N–H and O–H groups in total. The summed E-state index contributed by atoms with van der Waals surface area (Å²) in [4.78, 5) is 6.67. The minimum atomic E-state index is 0.119. The maximum absolute atomic E-state index is 6.27. The van der Waals surface area contributed by atoms with Gasteiger partial charge in [-0.05, 0) is 50.9 Å². The summed E-state index contributed by atoms with van der Waals surface area (Å²) in [5.74, 6) is 0. The van der Waals surface area contributed by atoms with Gasteiger partial charge in [0.2, 0.25) is 0 Å². The average molecular weight is 263 g/mol. The lowest BCUT2D eigenvalue weighted by molar-refractivity contribution is 0.121. The predicted molar refractivity (Wildman–Crippen MR) is 82.0 cm³/mol. The van der Waals surface area contributed by atoms with Gasteiger partial charge < -0.3 is 5.73 Å². The molecule has 1 rings (SSSR count). The third-order valence-electron chi connectivity index (χ3n) is 3.83. The van der Waals surface area contributed by atoms with Crippen molar-refractivity contribution in [3.63, 3.8) is 0 Å². The zero-order chi connectivity index (χ0) is 14.3. The Morgan fingerprint density at radius 2 is 1.84 bits per heavy atom. The second-order valence-electron chi connectivity index (χ2n) is 5.43. The molecule has 1 aromatic heterocycles. The summed E-state index contributed by atoms with van der Waals surface area (Å²) in [6, 6.07) is 5.14. The lowest BCUT2D eigenvalue weighted by atomic mass is 9.97. The molecule has 0 radical (unpaired) electrons. The largest absolute Gasteiger partial charge is 0.326 e. The van der Waals surface area contributed by atoms with Crippen LogP contribution in [0, 0.1) is 0 Å². The van der Waals surface area contributed by atoms with Crippen LogP contribution in [-0.4, -0.2) is 28.5 Å². The molecule has 0 saturated heterocycles. The lowest BCUT2D eigenvalue weighted by Crippen LogP contribution is -2.44. The maximum Gasteiger partial charge on any atom is 0.0500 e. The lowest BCUT2D eigenvalue weighted by Gasteiger charge is -2.38. The first-order valence-electron chi connectivity index (χ1n) is 7.53. The van der Waals surface area contributed by atoms with Crippen molar-refractivity contribution in [3.8, 4) is 0 Å². The summed E-state index contributed by atoms with van der Waals surface area (Å²) in [6.07, 6.45) is 7.31. The van der Waals surface area contributed by atoms with E-state index >= 15 is 0 Å². The molecule has 0 amide bonds. The Kier molecular flexibility index (Phi) is 7.03. The summed E-state index contributed by atoms with van der Waals surface area (Å²) in [5.41, 5.74) is 7.55. The minimum Gasteiger partial charge on any atom is -0.326 e. The zero-order valence-electron chi connectivity index (χ0n) is 12.8. The summed E-state index contributed by atoms with van der Waals surface area (Å²) >= 11 is 0. The first kappa shape index (κ1) is 16.1. The number of nitrogens with zero attached hydrogens (tertiary/aromatic N) is 2. The fourth-order valence-corrected chi connectivity index (χ4v) is 2.57. The van der Waals surface area contributed by atoms with Crippen LogP contribution in [0.3, 0.4) is 0 Å². The van der Waals surface area contributed by atoms with Gasteiger partial charge in [-0.1, -0.05) is 20.3 Å². The van der Waals surface area contributed by atoms with E-state index in [2.05, 4.69) is 49.7 Å². The molecule has 0 aliphatic rings. The Balaban J connectivity index is 2.98. The van der Waals surface area contributed by atoms with Gasteiger partial charge in [-0.3, -0.25) is 9.88 Å². The molecule has 0 aliphatic heterocycles. The molecule has 3 unspecified atom stereocenters. The summed E-state index contributed by atoms with van der Waals surface area (Å²) in [5, 5.41) is 0. The van der Waals surface area contributed by atoms with Gasteiger partial charge in [-0.2, -0.15) is 0 Å². The number of hydrogen-bond donors (Lipinski definition) is 1. The number of hydrogen-bond acceptors (Lipinski definition) is 3. The molecule has 0 aromatic carbocycles. The van der Waals surface area contributed by atoms with Gasteiger partial charge in [0.05, 0.1) is 0 Å². The van der Waals surface area contributed by atoms with Crippen molar-refractivity contribution in [1.29, 1.82) is 0 Å². The molecule has 3 nitrogen and oxygen atoms in total. The van der Waals surface area contributed by atoms with Gasteiger partial charge in [0.1, 0.15) is 0 Å². The molecule has 108 valence electrons. The Labute approximate surface area is 118 Å². The number of unbranched alkanes of at least 4 members (excludes halogenated alkanes) is 1. The smallest absolute Gasteiger partial charge is 0.0500 e. The highest BCUT2D eigenvalue weighted by Gasteiger charge is 2.26. The van der Waals surface area contributed by atoms with E-state index < -0.39 is 0 Å². The molecule has 1 aromatic rings. The Morgan fingerprint density at radius 1 is 1.21 bits per heavy atom. The summed E-state index contributed by atoms with van der Waals surface area (Å²) < 4.78 is 0. The van der Waals surface area contributed by atoms with Crippen LogP contribution in [0.15, 0.2) is 24.5 Å². The highest BCUT2D eigenvalue weighted by atomic mass is 15.2. The van der Waals surface area contributed by atoms with Crippen molar-refractivity contribution in [2.45, 2.75) is 65.1 Å². The van der Waals surface area contributed by atoms with E-state index in [0.717, 1.165) is 13.0 Å². The fourth-order valence-electron chi connectivity index (χ4n) is 2.57. The van der Waals surface area contributed by atoms with E-state index in [-0.39, 0.29) is 12.1 Å². The van der Waals surface area contributed by atoms with Gasteiger partial charge in [-0.25, -0.2) is 0 Å². The van der Waals surface area contributed by atoms with Crippen LogP contribution >= 0.6 is 0 Å². The van der Waals surface area contributed by atoms with Crippen LogP contribution in [0.2, 0.25) is 0 Å². The fraction of sp³-hybridized carbons (Fsp3) is 0.688. The molecule has 0 aliphatic carbocycles. The molecule has 3 atom stereocenters. The topological polar surface area (TPSA) is 42.2 Å². The second kappa shape index (κ2) is 8.28. The van der Waals surface area contributed by atoms with E-state index in [1.165, 1.54) is 18.4 Å². The van der Waals surface area contributed by atoms with E-state index in [4.69, 9.17) is 5.73 Å². The first-order chi connectivity index (χ1) is 9.11. The van der Waals surface area contributed by atoms with Crippen molar-refractivity contribution in [3.05, 3.63) is 30.1 Å². The van der Waals surface area contributed by atoms with Crippen molar-refractivity contribution in [2.24, 2.45) is 5.73 Å². The predicted octanol–water partition coefficient (Wildman–Crippen LogP) is 3.37. The number of pyridine rings is 1. The second-order valence-corrected chi connectivity index (χ2v) is 5.43. The molecule has 0 fully saturated rings. The van der Waals surface area contributed by atoms with Gasteiger partial charge in [-0.15, -0.1) is 0 Å². The van der Waals surface area contributed by atoms with E-state index in [9.17, 15) is 0 Å². The van der Waals surface area contributed by atoms with Gasteiger partial charge in [0.25, 0.3) is 0 Å². The standard InChI is InChI=1S/C16H29N3/c1-5-7-12-19(13(3)6-2)16(14(4)17)15-8-10-18-11-9-15/h8-11,13-14,16H,5-7,12,17H2,1-4H3. The molecular formula is C16H29N3. The van der Waals surface area contributed by atoms with Crippen LogP contribution in [0.5, 0.6) is 0 Å². The van der Waals surface area contributed by atoms with Crippen molar-refractivity contribution in [1.82, 2.24) is 9.88 Å². The van der Waals surface area contributed by atoms with Crippen LogP contribution < -0.4 is 5.73 Å². The molecule has 1 heterocycles. The molecular weight excluding hydrogens is 234 g/mol. The van der Waals surface area contributed by atoms with Crippen LogP contribution in [0.25, 0.3) is 0 Å². The molecule has 19 heavy (non-hydrogen) atoms. The Bertz CT molecular complexity index is 337. The molecule has 0 saturated carbocycles. The van der Waals surface area contributed by atoms with E-state index in [1.807, 2.05) is 12.4 Å². The van der Waals surface area contributed by atoms with Crippen LogP contribution in [0.4, 0.5) is 0 Å². The monoisotopic (exact) mass is 263 g/mol. The zero-order valence-corrected chi connectivity index (χ0v) is 12.8. The third kappa shape index (κ3) is 4.59. The molecule has 0 spiro atoms. The van der Waals surface area contributed by atoms with Gasteiger partial charge in [0.15, 0.2) is 0 Å². The van der Waals surface area contributed by atoms with Gasteiger partial charge in [0, 0.05) is 30.5 Å². The first-order valence-corrected chi connectivity index (χ1v) is 7.53. The van der Waals surface area contributed by atoms with Gasteiger partial charge >= 0.3 is 0 Å². The van der Waals surface area contributed by atoms with Crippen molar-refractivity contribution < 1.29 is 0 Å². The summed E-state index contributed by atoms with van der Waals surface area (Å²) in [6.45, 7) is 10.00. The SMILES string of the molecule is CCCCN(C(C)CC)C(c1ccncc1)C(C)N. The van der Waals surface area contributed by atoms with Crippen molar-refractivity contribution >= 4 is 0 Å². The molecule has 3 heteroatoms. The van der Waals surface area contributed by atoms with E-state index in [0.29, 0.717) is 6.04 Å².